The van der Waals surface area contributed by atoms with E-state index < -0.39 is 28.0 Å². The molecule has 0 aliphatic heterocycles. The van der Waals surface area contributed by atoms with Crippen molar-refractivity contribution in [2.45, 2.75) is 49.3 Å². The Morgan fingerprint density at radius 2 is 2.05 bits per heavy atom. The van der Waals surface area contributed by atoms with Crippen molar-refractivity contribution < 1.29 is 17.9 Å². The Morgan fingerprint density at radius 1 is 1.38 bits per heavy atom. The van der Waals surface area contributed by atoms with E-state index in [9.17, 15) is 17.9 Å². The molecule has 0 heterocycles. The average Bonchev–Trinajstić information content (AvgIpc) is 2.46. The van der Waals surface area contributed by atoms with Crippen molar-refractivity contribution in [2.75, 3.05) is 7.05 Å². The highest BCUT2D eigenvalue weighted by atomic mass is 32.2. The maximum atomic E-state index is 13.8. The molecule has 2 unspecified atom stereocenters. The maximum Gasteiger partial charge on any atom is 0.243 e. The van der Waals surface area contributed by atoms with E-state index in [2.05, 4.69) is 0 Å². The van der Waals surface area contributed by atoms with Crippen LogP contribution in [0.3, 0.4) is 0 Å². The molecular formula is C14H21FN2O3S. The van der Waals surface area contributed by atoms with Crippen LogP contribution in [-0.4, -0.2) is 37.0 Å². The van der Waals surface area contributed by atoms with Gasteiger partial charge in [0.15, 0.2) is 0 Å². The molecule has 1 aromatic rings. The molecule has 0 saturated heterocycles. The van der Waals surface area contributed by atoms with Crippen LogP contribution in [-0.2, 0) is 16.6 Å². The molecule has 0 aromatic heterocycles. The van der Waals surface area contributed by atoms with Crippen LogP contribution in [0.5, 0.6) is 0 Å². The van der Waals surface area contributed by atoms with Gasteiger partial charge in [0.2, 0.25) is 10.0 Å². The van der Waals surface area contributed by atoms with E-state index in [0.717, 1.165) is 17.1 Å². The first kappa shape index (κ1) is 16.4. The lowest BCUT2D eigenvalue weighted by atomic mass is 9.93. The fourth-order valence-corrected chi connectivity index (χ4v) is 4.48. The Morgan fingerprint density at radius 3 is 2.67 bits per heavy atom. The van der Waals surface area contributed by atoms with Crippen LogP contribution < -0.4 is 5.73 Å². The van der Waals surface area contributed by atoms with E-state index in [1.165, 1.54) is 25.2 Å². The summed E-state index contributed by atoms with van der Waals surface area (Å²) in [5.41, 5.74) is 5.46. The zero-order chi connectivity index (χ0) is 15.6. The summed E-state index contributed by atoms with van der Waals surface area (Å²) in [6.07, 6.45) is 2.25. The van der Waals surface area contributed by atoms with Gasteiger partial charge in [0, 0.05) is 19.2 Å². The number of aliphatic hydroxyl groups excluding tert-OH is 1. The summed E-state index contributed by atoms with van der Waals surface area (Å²) >= 11 is 0. The second kappa shape index (κ2) is 6.39. The summed E-state index contributed by atoms with van der Waals surface area (Å²) in [7, 11) is -2.45. The predicted molar refractivity (Wildman–Crippen MR) is 77.5 cm³/mol. The number of aliphatic hydroxyl groups is 1. The van der Waals surface area contributed by atoms with Crippen LogP contribution in [0.25, 0.3) is 0 Å². The van der Waals surface area contributed by atoms with Gasteiger partial charge in [0.05, 0.1) is 17.0 Å². The molecule has 3 N–H and O–H groups in total. The Labute approximate surface area is 124 Å². The van der Waals surface area contributed by atoms with Crippen molar-refractivity contribution >= 4 is 10.0 Å². The Hall–Kier alpha value is -1.02. The molecule has 118 valence electrons. The molecule has 1 fully saturated rings. The van der Waals surface area contributed by atoms with Gasteiger partial charge in [-0.15, -0.1) is 0 Å². The first-order valence-electron chi connectivity index (χ1n) is 7.03. The fourth-order valence-electron chi connectivity index (χ4n) is 2.83. The third kappa shape index (κ3) is 3.11. The molecule has 0 bridgehead atoms. The lowest BCUT2D eigenvalue weighted by molar-refractivity contribution is 0.0638. The normalized spacial score (nSPS) is 23.5. The number of hydrogen-bond acceptors (Lipinski definition) is 4. The van der Waals surface area contributed by atoms with Gasteiger partial charge in [0.25, 0.3) is 0 Å². The highest BCUT2D eigenvalue weighted by Crippen LogP contribution is 2.28. The SMILES string of the molecule is CN(C1CCCCC1O)S(=O)(=O)c1cccc(F)c1CN. The van der Waals surface area contributed by atoms with Crippen LogP contribution in [0.4, 0.5) is 4.39 Å². The molecule has 0 amide bonds. The number of halogens is 1. The molecule has 0 radical (unpaired) electrons. The molecule has 1 aromatic carbocycles. The molecule has 0 spiro atoms. The number of rotatable bonds is 4. The van der Waals surface area contributed by atoms with E-state index >= 15 is 0 Å². The molecule has 1 saturated carbocycles. The van der Waals surface area contributed by atoms with E-state index in [0.29, 0.717) is 12.8 Å². The van der Waals surface area contributed by atoms with Crippen LogP contribution in [0.2, 0.25) is 0 Å². The smallest absolute Gasteiger partial charge is 0.243 e. The highest BCUT2D eigenvalue weighted by Gasteiger charge is 2.35. The quantitative estimate of drug-likeness (QED) is 0.874. The number of nitrogens with two attached hydrogens (primary N) is 1. The highest BCUT2D eigenvalue weighted by molar-refractivity contribution is 7.89. The van der Waals surface area contributed by atoms with Crippen molar-refractivity contribution in [1.29, 1.82) is 0 Å². The molecule has 1 aliphatic rings. The number of sulfonamides is 1. The minimum atomic E-state index is -3.88. The second-order valence-corrected chi connectivity index (χ2v) is 7.33. The fraction of sp³-hybridized carbons (Fsp3) is 0.571. The van der Waals surface area contributed by atoms with Gasteiger partial charge in [0.1, 0.15) is 5.82 Å². The van der Waals surface area contributed by atoms with Gasteiger partial charge < -0.3 is 10.8 Å². The van der Waals surface area contributed by atoms with Gasteiger partial charge in [-0.25, -0.2) is 12.8 Å². The van der Waals surface area contributed by atoms with Gasteiger partial charge in [-0.2, -0.15) is 4.31 Å². The van der Waals surface area contributed by atoms with Gasteiger partial charge in [-0.05, 0) is 25.0 Å². The first-order chi connectivity index (χ1) is 9.89. The largest absolute Gasteiger partial charge is 0.391 e. The van der Waals surface area contributed by atoms with E-state index in [4.69, 9.17) is 5.73 Å². The third-order valence-electron chi connectivity index (χ3n) is 4.10. The van der Waals surface area contributed by atoms with Crippen LogP contribution in [0.1, 0.15) is 31.2 Å². The van der Waals surface area contributed by atoms with Crippen molar-refractivity contribution in [1.82, 2.24) is 4.31 Å². The van der Waals surface area contributed by atoms with Crippen LogP contribution in [0.15, 0.2) is 23.1 Å². The van der Waals surface area contributed by atoms with Crippen LogP contribution in [0, 0.1) is 5.82 Å². The van der Waals surface area contributed by atoms with Crippen LogP contribution >= 0.6 is 0 Å². The molecule has 7 heteroatoms. The van der Waals surface area contributed by atoms with Gasteiger partial charge in [-0.3, -0.25) is 0 Å². The topological polar surface area (TPSA) is 83.6 Å². The Balaban J connectivity index is 2.40. The molecular weight excluding hydrogens is 295 g/mol. The first-order valence-corrected chi connectivity index (χ1v) is 8.47. The minimum Gasteiger partial charge on any atom is -0.391 e. The molecule has 2 atom stereocenters. The van der Waals surface area contributed by atoms with Gasteiger partial charge >= 0.3 is 0 Å². The van der Waals surface area contributed by atoms with E-state index in [1.54, 1.807) is 0 Å². The second-order valence-electron chi connectivity index (χ2n) is 5.36. The zero-order valence-corrected chi connectivity index (χ0v) is 12.8. The zero-order valence-electron chi connectivity index (χ0n) is 12.0. The monoisotopic (exact) mass is 316 g/mol. The van der Waals surface area contributed by atoms with E-state index in [1.807, 2.05) is 0 Å². The number of nitrogens with zero attached hydrogens (tertiary/aromatic N) is 1. The third-order valence-corrected chi connectivity index (χ3v) is 6.07. The summed E-state index contributed by atoms with van der Waals surface area (Å²) in [5.74, 6) is -0.629. The average molecular weight is 316 g/mol. The summed E-state index contributed by atoms with van der Waals surface area (Å²) in [4.78, 5) is -0.120. The lowest BCUT2D eigenvalue weighted by Crippen LogP contribution is -2.46. The minimum absolute atomic E-state index is 0.0188. The number of benzene rings is 1. The van der Waals surface area contributed by atoms with Crippen molar-refractivity contribution in [3.05, 3.63) is 29.6 Å². The summed E-state index contributed by atoms with van der Waals surface area (Å²) in [6.45, 7) is -0.192. The summed E-state index contributed by atoms with van der Waals surface area (Å²) < 4.78 is 40.3. The van der Waals surface area contributed by atoms with E-state index in [-0.39, 0.29) is 17.0 Å². The standard InChI is InChI=1S/C14H21FN2O3S/c1-17(12-6-2-3-7-13(12)18)21(19,20)14-8-4-5-11(15)10(14)9-16/h4-5,8,12-13,18H,2-3,6-7,9,16H2,1H3. The summed E-state index contributed by atoms with van der Waals surface area (Å²) in [5, 5.41) is 10.0. The molecule has 1 aliphatic carbocycles. The van der Waals surface area contributed by atoms with Gasteiger partial charge in [-0.1, -0.05) is 18.9 Å². The number of likely N-dealkylation sites (N-methyl/N-ethyl adjacent to an activating group) is 1. The lowest BCUT2D eigenvalue weighted by Gasteiger charge is -2.34. The predicted octanol–water partition coefficient (Wildman–Crippen LogP) is 1.21. The van der Waals surface area contributed by atoms with Crippen molar-refractivity contribution in [2.24, 2.45) is 5.73 Å². The number of hydrogen-bond donors (Lipinski definition) is 2. The van der Waals surface area contributed by atoms with Crippen molar-refractivity contribution in [3.63, 3.8) is 0 Å². The van der Waals surface area contributed by atoms with Crippen molar-refractivity contribution in [3.8, 4) is 0 Å². The molecule has 2 rings (SSSR count). The Bertz CT molecular complexity index is 606. The molecule has 21 heavy (non-hydrogen) atoms. The summed E-state index contributed by atoms with van der Waals surface area (Å²) in [6, 6.07) is 3.42. The molecule has 5 nitrogen and oxygen atoms in total. The Kier molecular flexibility index (Phi) is 4.98. The maximum absolute atomic E-state index is 13.8.